The highest BCUT2D eigenvalue weighted by atomic mass is 32.1. The predicted molar refractivity (Wildman–Crippen MR) is 72.4 cm³/mol. The fourth-order valence-corrected chi connectivity index (χ4v) is 3.04. The van der Waals surface area contributed by atoms with E-state index in [9.17, 15) is 5.11 Å². The van der Waals surface area contributed by atoms with Crippen LogP contribution in [0.2, 0.25) is 0 Å². The average Bonchev–Trinajstić information content (AvgIpc) is 2.97. The Morgan fingerprint density at radius 2 is 2.24 bits per heavy atom. The summed E-state index contributed by atoms with van der Waals surface area (Å²) in [6, 6.07) is 4.54. The van der Waals surface area contributed by atoms with E-state index in [0.717, 1.165) is 19.6 Å². The Bertz CT molecular complexity index is 309. The lowest BCUT2D eigenvalue weighted by molar-refractivity contribution is 0.121. The minimum Gasteiger partial charge on any atom is -0.390 e. The number of hydrogen-bond donors (Lipinski definition) is 2. The molecule has 2 rings (SSSR count). The van der Waals surface area contributed by atoms with E-state index in [1.807, 2.05) is 0 Å². The molecular formula is C13H22N2OS. The molecule has 0 bridgehead atoms. The van der Waals surface area contributed by atoms with Gasteiger partial charge in [-0.05, 0) is 44.3 Å². The number of nitrogens with zero attached hydrogens (tertiary/aromatic N) is 1. The summed E-state index contributed by atoms with van der Waals surface area (Å²) < 4.78 is 0. The maximum Gasteiger partial charge on any atom is 0.0791 e. The Labute approximate surface area is 107 Å². The predicted octanol–water partition coefficient (Wildman–Crippen LogP) is 1.86. The summed E-state index contributed by atoms with van der Waals surface area (Å²) in [5, 5.41) is 15.4. The molecule has 0 spiro atoms. The maximum atomic E-state index is 9.96. The number of rotatable bonds is 6. The van der Waals surface area contributed by atoms with Crippen molar-refractivity contribution in [2.45, 2.75) is 31.9 Å². The van der Waals surface area contributed by atoms with Gasteiger partial charge in [0.25, 0.3) is 0 Å². The number of aliphatic hydroxyl groups is 1. The third-order valence-electron chi connectivity index (χ3n) is 3.30. The van der Waals surface area contributed by atoms with Crippen LogP contribution in [-0.4, -0.2) is 42.3 Å². The molecule has 1 aliphatic heterocycles. The zero-order valence-corrected chi connectivity index (χ0v) is 11.2. The molecule has 1 saturated heterocycles. The SMILES string of the molecule is CC(NCC(O)CN1CCCC1)c1cccs1. The van der Waals surface area contributed by atoms with Crippen LogP contribution < -0.4 is 5.32 Å². The third-order valence-corrected chi connectivity index (χ3v) is 4.35. The highest BCUT2D eigenvalue weighted by molar-refractivity contribution is 7.10. The number of β-amino-alcohol motifs (C(OH)–C–C–N with tert-alkyl or cyclic N) is 1. The number of aliphatic hydroxyl groups excluding tert-OH is 1. The van der Waals surface area contributed by atoms with Gasteiger partial charge >= 0.3 is 0 Å². The van der Waals surface area contributed by atoms with E-state index in [-0.39, 0.29) is 6.10 Å². The van der Waals surface area contributed by atoms with Gasteiger partial charge in [0, 0.05) is 24.0 Å². The van der Waals surface area contributed by atoms with Crippen molar-refractivity contribution >= 4 is 11.3 Å². The Kier molecular flexibility index (Phi) is 4.98. The van der Waals surface area contributed by atoms with Gasteiger partial charge in [-0.1, -0.05) is 6.07 Å². The molecule has 3 nitrogen and oxygen atoms in total. The van der Waals surface area contributed by atoms with Gasteiger partial charge < -0.3 is 15.3 Å². The molecule has 0 radical (unpaired) electrons. The summed E-state index contributed by atoms with van der Waals surface area (Å²) in [7, 11) is 0. The van der Waals surface area contributed by atoms with Crippen LogP contribution in [0.4, 0.5) is 0 Å². The zero-order chi connectivity index (χ0) is 12.1. The second-order valence-electron chi connectivity index (χ2n) is 4.81. The van der Waals surface area contributed by atoms with E-state index in [2.05, 4.69) is 34.7 Å². The van der Waals surface area contributed by atoms with E-state index in [0.29, 0.717) is 12.6 Å². The van der Waals surface area contributed by atoms with Gasteiger partial charge in [0.15, 0.2) is 0 Å². The molecule has 2 heterocycles. The van der Waals surface area contributed by atoms with Crippen molar-refractivity contribution < 1.29 is 5.11 Å². The Hall–Kier alpha value is -0.420. The van der Waals surface area contributed by atoms with Crippen LogP contribution in [0.15, 0.2) is 17.5 Å². The molecule has 0 amide bonds. The monoisotopic (exact) mass is 254 g/mol. The van der Waals surface area contributed by atoms with Crippen LogP contribution in [0.1, 0.15) is 30.7 Å². The fourth-order valence-electron chi connectivity index (χ4n) is 2.28. The summed E-state index contributed by atoms with van der Waals surface area (Å²) in [6.07, 6.45) is 2.31. The van der Waals surface area contributed by atoms with E-state index in [4.69, 9.17) is 0 Å². The lowest BCUT2D eigenvalue weighted by atomic mass is 10.2. The molecule has 4 heteroatoms. The second-order valence-corrected chi connectivity index (χ2v) is 5.79. The number of thiophene rings is 1. The van der Waals surface area contributed by atoms with Crippen molar-refractivity contribution in [3.05, 3.63) is 22.4 Å². The molecule has 1 aliphatic rings. The van der Waals surface area contributed by atoms with Gasteiger partial charge in [0.2, 0.25) is 0 Å². The minimum absolute atomic E-state index is 0.254. The number of hydrogen-bond acceptors (Lipinski definition) is 4. The molecule has 2 N–H and O–H groups in total. The smallest absolute Gasteiger partial charge is 0.0791 e. The molecule has 0 aromatic carbocycles. The topological polar surface area (TPSA) is 35.5 Å². The van der Waals surface area contributed by atoms with Crippen LogP contribution in [-0.2, 0) is 0 Å². The first-order valence-corrected chi connectivity index (χ1v) is 7.31. The first-order valence-electron chi connectivity index (χ1n) is 6.43. The molecule has 0 aliphatic carbocycles. The van der Waals surface area contributed by atoms with Gasteiger partial charge in [-0.25, -0.2) is 0 Å². The van der Waals surface area contributed by atoms with Crippen LogP contribution >= 0.6 is 11.3 Å². The normalized spacial score (nSPS) is 20.6. The fraction of sp³-hybridized carbons (Fsp3) is 0.692. The molecule has 2 atom stereocenters. The molecule has 2 unspecified atom stereocenters. The van der Waals surface area contributed by atoms with Crippen molar-refractivity contribution in [2.75, 3.05) is 26.2 Å². The van der Waals surface area contributed by atoms with Crippen LogP contribution in [0.5, 0.6) is 0 Å². The van der Waals surface area contributed by atoms with Crippen LogP contribution in [0, 0.1) is 0 Å². The lowest BCUT2D eigenvalue weighted by Crippen LogP contribution is -2.37. The minimum atomic E-state index is -0.254. The maximum absolute atomic E-state index is 9.96. The van der Waals surface area contributed by atoms with Crippen molar-refractivity contribution in [2.24, 2.45) is 0 Å². The van der Waals surface area contributed by atoms with Crippen molar-refractivity contribution in [3.8, 4) is 0 Å². The average molecular weight is 254 g/mol. The number of likely N-dealkylation sites (tertiary alicyclic amines) is 1. The quantitative estimate of drug-likeness (QED) is 0.813. The largest absolute Gasteiger partial charge is 0.390 e. The summed E-state index contributed by atoms with van der Waals surface area (Å²) in [5.74, 6) is 0. The molecular weight excluding hydrogens is 232 g/mol. The highest BCUT2D eigenvalue weighted by Crippen LogP contribution is 2.17. The van der Waals surface area contributed by atoms with E-state index < -0.39 is 0 Å². The molecule has 0 saturated carbocycles. The third kappa shape index (κ3) is 4.07. The van der Waals surface area contributed by atoms with Crippen molar-refractivity contribution in [1.29, 1.82) is 0 Å². The van der Waals surface area contributed by atoms with Crippen molar-refractivity contribution in [3.63, 3.8) is 0 Å². The molecule has 1 aromatic rings. The molecule has 1 aromatic heterocycles. The standard InChI is InChI=1S/C13H22N2OS/c1-11(13-5-4-8-17-13)14-9-12(16)10-15-6-2-3-7-15/h4-5,8,11-12,14,16H,2-3,6-7,9-10H2,1H3. The first kappa shape index (κ1) is 13.0. The summed E-state index contributed by atoms with van der Waals surface area (Å²) in [6.45, 7) is 5.93. The molecule has 17 heavy (non-hydrogen) atoms. The van der Waals surface area contributed by atoms with Crippen LogP contribution in [0.25, 0.3) is 0 Å². The summed E-state index contributed by atoms with van der Waals surface area (Å²) >= 11 is 1.76. The number of nitrogens with one attached hydrogen (secondary N) is 1. The van der Waals surface area contributed by atoms with Gasteiger partial charge in [-0.2, -0.15) is 0 Å². The van der Waals surface area contributed by atoms with Crippen molar-refractivity contribution in [1.82, 2.24) is 10.2 Å². The van der Waals surface area contributed by atoms with E-state index >= 15 is 0 Å². The van der Waals surface area contributed by atoms with Gasteiger partial charge in [0.1, 0.15) is 0 Å². The zero-order valence-electron chi connectivity index (χ0n) is 10.4. The molecule has 96 valence electrons. The van der Waals surface area contributed by atoms with E-state index in [1.165, 1.54) is 17.7 Å². The summed E-state index contributed by atoms with van der Waals surface area (Å²) in [4.78, 5) is 3.68. The Balaban J connectivity index is 1.66. The van der Waals surface area contributed by atoms with Gasteiger partial charge in [0.05, 0.1) is 6.10 Å². The second kappa shape index (κ2) is 6.50. The van der Waals surface area contributed by atoms with Gasteiger partial charge in [-0.15, -0.1) is 11.3 Å². The first-order chi connectivity index (χ1) is 8.25. The van der Waals surface area contributed by atoms with Crippen LogP contribution in [0.3, 0.4) is 0 Å². The van der Waals surface area contributed by atoms with Gasteiger partial charge in [-0.3, -0.25) is 0 Å². The lowest BCUT2D eigenvalue weighted by Gasteiger charge is -2.21. The highest BCUT2D eigenvalue weighted by Gasteiger charge is 2.16. The summed E-state index contributed by atoms with van der Waals surface area (Å²) in [5.41, 5.74) is 0. The Morgan fingerprint density at radius 1 is 1.47 bits per heavy atom. The van der Waals surface area contributed by atoms with E-state index in [1.54, 1.807) is 11.3 Å². The Morgan fingerprint density at radius 3 is 2.88 bits per heavy atom. The molecule has 1 fully saturated rings.